The largest absolute Gasteiger partial charge is 0.340 e. The molecular formula is C19H21N3O3. The van der Waals surface area contributed by atoms with Crippen molar-refractivity contribution in [2.75, 3.05) is 19.6 Å². The molecule has 1 N–H and O–H groups in total. The average molecular weight is 339 g/mol. The van der Waals surface area contributed by atoms with E-state index in [1.165, 1.54) is 6.07 Å². The third kappa shape index (κ3) is 2.92. The number of para-hydroxylation sites is 1. The summed E-state index contributed by atoms with van der Waals surface area (Å²) in [6, 6.07) is 9.00. The Labute approximate surface area is 145 Å². The number of rotatable bonds is 2. The van der Waals surface area contributed by atoms with Crippen LogP contribution in [0.1, 0.15) is 36.0 Å². The zero-order valence-corrected chi connectivity index (χ0v) is 14.0. The van der Waals surface area contributed by atoms with E-state index in [0.717, 1.165) is 31.2 Å². The molecule has 0 atom stereocenters. The Bertz CT molecular complexity index is 881. The van der Waals surface area contributed by atoms with Gasteiger partial charge in [-0.15, -0.1) is 0 Å². The summed E-state index contributed by atoms with van der Waals surface area (Å²) in [5.41, 5.74) is 0.866. The molecule has 130 valence electrons. The number of aromatic nitrogens is 1. The number of amides is 2. The lowest BCUT2D eigenvalue weighted by Crippen LogP contribution is -2.47. The number of nitrogens with zero attached hydrogens (tertiary/aromatic N) is 2. The lowest BCUT2D eigenvalue weighted by molar-refractivity contribution is -0.130. The van der Waals surface area contributed by atoms with Gasteiger partial charge in [-0.3, -0.25) is 14.4 Å². The van der Waals surface area contributed by atoms with Gasteiger partial charge in [0, 0.05) is 49.1 Å². The first-order chi connectivity index (χ1) is 12.1. The number of piperidine rings is 1. The second-order valence-electron chi connectivity index (χ2n) is 6.81. The Balaban J connectivity index is 1.53. The third-order valence-electron chi connectivity index (χ3n) is 5.28. The molecule has 0 radical (unpaired) electrons. The SMILES string of the molecule is O=C(c1cc(=O)[nH]c2ccccc12)N1CCC(N2CCCC2=O)CC1. The van der Waals surface area contributed by atoms with Gasteiger partial charge in [-0.25, -0.2) is 0 Å². The smallest absolute Gasteiger partial charge is 0.254 e. The molecule has 6 nitrogen and oxygen atoms in total. The molecule has 25 heavy (non-hydrogen) atoms. The predicted molar refractivity (Wildman–Crippen MR) is 94.4 cm³/mol. The molecule has 1 aromatic heterocycles. The zero-order chi connectivity index (χ0) is 17.4. The molecule has 0 aliphatic carbocycles. The van der Waals surface area contributed by atoms with Crippen LogP contribution in [0.5, 0.6) is 0 Å². The fourth-order valence-corrected chi connectivity index (χ4v) is 3.99. The number of aromatic amines is 1. The van der Waals surface area contributed by atoms with E-state index in [4.69, 9.17) is 0 Å². The van der Waals surface area contributed by atoms with Gasteiger partial charge in [0.1, 0.15) is 0 Å². The van der Waals surface area contributed by atoms with Crippen molar-refractivity contribution >= 4 is 22.7 Å². The van der Waals surface area contributed by atoms with Gasteiger partial charge in [-0.1, -0.05) is 18.2 Å². The number of nitrogens with one attached hydrogen (secondary N) is 1. The van der Waals surface area contributed by atoms with Crippen molar-refractivity contribution in [3.8, 4) is 0 Å². The molecule has 2 saturated heterocycles. The molecule has 0 spiro atoms. The van der Waals surface area contributed by atoms with Gasteiger partial charge in [-0.2, -0.15) is 0 Å². The maximum Gasteiger partial charge on any atom is 0.254 e. The summed E-state index contributed by atoms with van der Waals surface area (Å²) < 4.78 is 0. The quantitative estimate of drug-likeness (QED) is 0.906. The minimum Gasteiger partial charge on any atom is -0.340 e. The second kappa shape index (κ2) is 6.35. The monoisotopic (exact) mass is 339 g/mol. The van der Waals surface area contributed by atoms with Gasteiger partial charge in [0.05, 0.1) is 5.56 Å². The number of hydrogen-bond acceptors (Lipinski definition) is 3. The molecule has 3 heterocycles. The fraction of sp³-hybridized carbons (Fsp3) is 0.421. The third-order valence-corrected chi connectivity index (χ3v) is 5.28. The topological polar surface area (TPSA) is 73.5 Å². The Morgan fingerprint density at radius 3 is 2.56 bits per heavy atom. The van der Waals surface area contributed by atoms with E-state index in [2.05, 4.69) is 4.98 Å². The molecule has 2 aliphatic heterocycles. The van der Waals surface area contributed by atoms with Crippen molar-refractivity contribution in [3.05, 3.63) is 46.2 Å². The lowest BCUT2D eigenvalue weighted by atomic mass is 10.0. The zero-order valence-electron chi connectivity index (χ0n) is 14.0. The summed E-state index contributed by atoms with van der Waals surface area (Å²) in [7, 11) is 0. The molecule has 2 fully saturated rings. The summed E-state index contributed by atoms with van der Waals surface area (Å²) in [4.78, 5) is 43.3. The summed E-state index contributed by atoms with van der Waals surface area (Å²) in [6.45, 7) is 2.08. The Hall–Kier alpha value is -2.63. The highest BCUT2D eigenvalue weighted by Gasteiger charge is 2.32. The number of hydrogen-bond donors (Lipinski definition) is 1. The normalized spacial score (nSPS) is 19.0. The van der Waals surface area contributed by atoms with Gasteiger partial charge in [0.2, 0.25) is 11.5 Å². The summed E-state index contributed by atoms with van der Waals surface area (Å²) >= 11 is 0. The highest BCUT2D eigenvalue weighted by atomic mass is 16.2. The van der Waals surface area contributed by atoms with Crippen LogP contribution in [0.3, 0.4) is 0 Å². The Morgan fingerprint density at radius 2 is 1.84 bits per heavy atom. The first-order valence-electron chi connectivity index (χ1n) is 8.84. The van der Waals surface area contributed by atoms with Crippen LogP contribution in [0.15, 0.2) is 35.1 Å². The van der Waals surface area contributed by atoms with E-state index < -0.39 is 0 Å². The maximum absolute atomic E-state index is 13.0. The molecule has 4 rings (SSSR count). The standard InChI is InChI=1S/C19H21N3O3/c23-17-12-15(14-4-1-2-5-16(14)20-17)19(25)21-10-7-13(8-11-21)22-9-3-6-18(22)24/h1-2,4-5,12-13H,3,6-11H2,(H,20,23). The van der Waals surface area contributed by atoms with Crippen LogP contribution in [0.25, 0.3) is 10.9 Å². The van der Waals surface area contributed by atoms with Crippen molar-refractivity contribution in [1.82, 2.24) is 14.8 Å². The molecule has 2 amide bonds. The van der Waals surface area contributed by atoms with Crippen LogP contribution in [-0.4, -0.2) is 52.3 Å². The first kappa shape index (κ1) is 15.9. The summed E-state index contributed by atoms with van der Waals surface area (Å²) in [5, 5.41) is 0.768. The Kier molecular flexibility index (Phi) is 4.03. The number of fused-ring (bicyclic) bond motifs is 1. The fourth-order valence-electron chi connectivity index (χ4n) is 3.99. The Morgan fingerprint density at radius 1 is 1.08 bits per heavy atom. The van der Waals surface area contributed by atoms with Crippen molar-refractivity contribution in [3.63, 3.8) is 0 Å². The van der Waals surface area contributed by atoms with E-state index in [1.54, 1.807) is 11.0 Å². The molecule has 0 bridgehead atoms. The second-order valence-corrected chi connectivity index (χ2v) is 6.81. The minimum absolute atomic E-state index is 0.103. The van der Waals surface area contributed by atoms with Crippen molar-refractivity contribution in [2.24, 2.45) is 0 Å². The van der Waals surface area contributed by atoms with Crippen molar-refractivity contribution in [2.45, 2.75) is 31.7 Å². The highest BCUT2D eigenvalue weighted by molar-refractivity contribution is 6.06. The molecular weight excluding hydrogens is 318 g/mol. The maximum atomic E-state index is 13.0. The van der Waals surface area contributed by atoms with Gasteiger partial charge in [0.15, 0.2) is 0 Å². The van der Waals surface area contributed by atoms with Gasteiger partial charge >= 0.3 is 0 Å². The summed E-state index contributed by atoms with van der Waals surface area (Å²) in [5.74, 6) is 0.138. The number of carbonyl (C=O) groups excluding carboxylic acids is 2. The predicted octanol–water partition coefficient (Wildman–Crippen LogP) is 1.76. The van der Waals surface area contributed by atoms with Gasteiger partial charge in [0.25, 0.3) is 5.91 Å². The van der Waals surface area contributed by atoms with Crippen molar-refractivity contribution in [1.29, 1.82) is 0 Å². The molecule has 2 aromatic rings. The van der Waals surface area contributed by atoms with Crippen molar-refractivity contribution < 1.29 is 9.59 Å². The number of pyridine rings is 1. The lowest BCUT2D eigenvalue weighted by Gasteiger charge is -2.36. The molecule has 0 saturated carbocycles. The first-order valence-corrected chi connectivity index (χ1v) is 8.84. The molecule has 6 heteroatoms. The van der Waals surface area contributed by atoms with Crippen LogP contribution in [-0.2, 0) is 4.79 Å². The van der Waals surface area contributed by atoms with Gasteiger partial charge in [-0.05, 0) is 25.3 Å². The number of likely N-dealkylation sites (tertiary alicyclic amines) is 2. The minimum atomic E-state index is -0.264. The van der Waals surface area contributed by atoms with E-state index in [1.807, 2.05) is 23.1 Å². The average Bonchev–Trinajstić information content (AvgIpc) is 3.06. The molecule has 2 aliphatic rings. The number of benzene rings is 1. The van der Waals surface area contributed by atoms with E-state index in [0.29, 0.717) is 30.6 Å². The molecule has 1 aromatic carbocycles. The highest BCUT2D eigenvalue weighted by Crippen LogP contribution is 2.24. The summed E-state index contributed by atoms with van der Waals surface area (Å²) in [6.07, 6.45) is 3.20. The number of H-pyrrole nitrogens is 1. The van der Waals surface area contributed by atoms with E-state index in [9.17, 15) is 14.4 Å². The number of carbonyl (C=O) groups is 2. The van der Waals surface area contributed by atoms with Crippen LogP contribution >= 0.6 is 0 Å². The molecule has 0 unspecified atom stereocenters. The van der Waals surface area contributed by atoms with Crippen LogP contribution in [0, 0.1) is 0 Å². The van der Waals surface area contributed by atoms with E-state index in [-0.39, 0.29) is 23.4 Å². The van der Waals surface area contributed by atoms with E-state index >= 15 is 0 Å². The van der Waals surface area contributed by atoms with Gasteiger partial charge < -0.3 is 14.8 Å². The van der Waals surface area contributed by atoms with Crippen LogP contribution in [0.4, 0.5) is 0 Å². The van der Waals surface area contributed by atoms with Crippen LogP contribution < -0.4 is 5.56 Å². The van der Waals surface area contributed by atoms with Crippen LogP contribution in [0.2, 0.25) is 0 Å².